The van der Waals surface area contributed by atoms with Gasteiger partial charge in [-0.15, -0.1) is 11.8 Å². The Bertz CT molecular complexity index is 944. The number of fused-ring (bicyclic) bond motifs is 3. The number of benzene rings is 2. The van der Waals surface area contributed by atoms with E-state index < -0.39 is 0 Å². The van der Waals surface area contributed by atoms with Gasteiger partial charge in [0, 0.05) is 46.6 Å². The number of hydrogen-bond acceptors (Lipinski definition) is 2. The summed E-state index contributed by atoms with van der Waals surface area (Å²) < 4.78 is 0. The molecule has 3 nitrogen and oxygen atoms in total. The fourth-order valence-corrected chi connectivity index (χ4v) is 4.32. The van der Waals surface area contributed by atoms with Gasteiger partial charge >= 0.3 is 0 Å². The second-order valence-electron chi connectivity index (χ2n) is 6.73. The molecule has 128 valence electrons. The maximum absolute atomic E-state index is 12.7. The molecule has 4 heteroatoms. The van der Waals surface area contributed by atoms with Crippen LogP contribution < -0.4 is 0 Å². The molecule has 1 N–H and O–H groups in total. The van der Waals surface area contributed by atoms with E-state index in [1.54, 1.807) is 11.8 Å². The Kier molecular flexibility index (Phi) is 4.30. The maximum atomic E-state index is 12.7. The number of thioether (sulfide) groups is 1. The van der Waals surface area contributed by atoms with Crippen molar-refractivity contribution in [3.05, 3.63) is 64.8 Å². The first-order chi connectivity index (χ1) is 12.1. The lowest BCUT2D eigenvalue weighted by atomic mass is 10.0. The van der Waals surface area contributed by atoms with Crippen molar-refractivity contribution in [2.75, 3.05) is 12.3 Å². The highest BCUT2D eigenvalue weighted by Gasteiger charge is 2.23. The van der Waals surface area contributed by atoms with E-state index in [0.717, 1.165) is 13.0 Å². The summed E-state index contributed by atoms with van der Waals surface area (Å²) in [5.74, 6) is 0.722. The number of para-hydroxylation sites is 1. The molecule has 0 atom stereocenters. The molecule has 3 aromatic rings. The van der Waals surface area contributed by atoms with Gasteiger partial charge in [-0.2, -0.15) is 0 Å². The van der Waals surface area contributed by atoms with E-state index in [0.29, 0.717) is 12.3 Å². The molecular formula is C21H22N2OS. The molecule has 0 saturated heterocycles. The standard InChI is InChI=1S/C21H22N2OS/c1-14-7-8-16(11-15(14)2)25-13-21(24)23-10-9-20-18(12-23)17-5-3-4-6-19(17)22-20/h3-8,11,22H,9-10,12-13H2,1-2H3. The average Bonchev–Trinajstić information content (AvgIpc) is 3.00. The third kappa shape index (κ3) is 3.19. The summed E-state index contributed by atoms with van der Waals surface area (Å²) in [4.78, 5) is 19.4. The van der Waals surface area contributed by atoms with Crippen LogP contribution in [0.4, 0.5) is 0 Å². The molecule has 2 aromatic carbocycles. The normalized spacial score (nSPS) is 13.9. The van der Waals surface area contributed by atoms with E-state index >= 15 is 0 Å². The molecule has 0 fully saturated rings. The lowest BCUT2D eigenvalue weighted by molar-refractivity contribution is -0.129. The van der Waals surface area contributed by atoms with Gasteiger partial charge < -0.3 is 9.88 Å². The molecule has 0 spiro atoms. The molecule has 1 aliphatic heterocycles. The van der Waals surface area contributed by atoms with Crippen molar-refractivity contribution in [2.45, 2.75) is 31.7 Å². The van der Waals surface area contributed by atoms with Crippen LogP contribution in [-0.4, -0.2) is 28.1 Å². The van der Waals surface area contributed by atoms with Gasteiger partial charge in [0.05, 0.1) is 5.75 Å². The number of aromatic amines is 1. The maximum Gasteiger partial charge on any atom is 0.233 e. The number of amides is 1. The van der Waals surface area contributed by atoms with Crippen molar-refractivity contribution < 1.29 is 4.79 Å². The average molecular weight is 350 g/mol. The van der Waals surface area contributed by atoms with Crippen LogP contribution in [0.5, 0.6) is 0 Å². The quantitative estimate of drug-likeness (QED) is 0.708. The Morgan fingerprint density at radius 2 is 2.00 bits per heavy atom. The molecule has 0 aliphatic carbocycles. The molecule has 4 rings (SSSR count). The summed E-state index contributed by atoms with van der Waals surface area (Å²) in [7, 11) is 0. The van der Waals surface area contributed by atoms with Crippen LogP contribution in [0.2, 0.25) is 0 Å². The predicted molar refractivity (Wildman–Crippen MR) is 104 cm³/mol. The molecule has 2 heterocycles. The minimum absolute atomic E-state index is 0.221. The highest BCUT2D eigenvalue weighted by molar-refractivity contribution is 8.00. The van der Waals surface area contributed by atoms with Crippen LogP contribution in [0, 0.1) is 13.8 Å². The summed E-state index contributed by atoms with van der Waals surface area (Å²) in [5.41, 5.74) is 6.31. The Morgan fingerprint density at radius 3 is 2.84 bits per heavy atom. The van der Waals surface area contributed by atoms with Gasteiger partial charge in [0.2, 0.25) is 5.91 Å². The van der Waals surface area contributed by atoms with Crippen molar-refractivity contribution in [2.24, 2.45) is 0 Å². The zero-order valence-electron chi connectivity index (χ0n) is 14.6. The van der Waals surface area contributed by atoms with Crippen molar-refractivity contribution in [3.8, 4) is 0 Å². The zero-order chi connectivity index (χ0) is 17.4. The minimum atomic E-state index is 0.221. The van der Waals surface area contributed by atoms with E-state index in [4.69, 9.17) is 0 Å². The third-order valence-electron chi connectivity index (χ3n) is 5.08. The fourth-order valence-electron chi connectivity index (χ4n) is 3.42. The van der Waals surface area contributed by atoms with Gasteiger partial charge in [-0.1, -0.05) is 24.3 Å². The second-order valence-corrected chi connectivity index (χ2v) is 7.78. The topological polar surface area (TPSA) is 36.1 Å². The Labute approximate surface area is 152 Å². The highest BCUT2D eigenvalue weighted by Crippen LogP contribution is 2.28. The molecule has 1 aromatic heterocycles. The number of aryl methyl sites for hydroxylation is 2. The highest BCUT2D eigenvalue weighted by atomic mass is 32.2. The Balaban J connectivity index is 1.45. The first-order valence-electron chi connectivity index (χ1n) is 8.68. The smallest absolute Gasteiger partial charge is 0.233 e. The third-order valence-corrected chi connectivity index (χ3v) is 6.05. The molecule has 0 unspecified atom stereocenters. The first-order valence-corrected chi connectivity index (χ1v) is 9.66. The Morgan fingerprint density at radius 1 is 1.16 bits per heavy atom. The fraction of sp³-hybridized carbons (Fsp3) is 0.286. The van der Waals surface area contributed by atoms with Crippen LogP contribution in [0.25, 0.3) is 10.9 Å². The summed E-state index contributed by atoms with van der Waals surface area (Å²) in [5, 5.41) is 1.25. The number of hydrogen-bond donors (Lipinski definition) is 1. The van der Waals surface area contributed by atoms with Gasteiger partial charge in [-0.05, 0) is 43.2 Å². The predicted octanol–water partition coefficient (Wildman–Crippen LogP) is 4.46. The van der Waals surface area contributed by atoms with Crippen molar-refractivity contribution in [1.82, 2.24) is 9.88 Å². The number of carbonyl (C=O) groups excluding carboxylic acids is 1. The Hall–Kier alpha value is -2.20. The zero-order valence-corrected chi connectivity index (χ0v) is 15.5. The summed E-state index contributed by atoms with van der Waals surface area (Å²) >= 11 is 1.63. The van der Waals surface area contributed by atoms with E-state index in [-0.39, 0.29) is 5.91 Å². The van der Waals surface area contributed by atoms with Crippen LogP contribution >= 0.6 is 11.8 Å². The van der Waals surface area contributed by atoms with Crippen molar-refractivity contribution >= 4 is 28.6 Å². The minimum Gasteiger partial charge on any atom is -0.358 e. The van der Waals surface area contributed by atoms with Crippen LogP contribution in [0.3, 0.4) is 0 Å². The molecule has 0 bridgehead atoms. The number of nitrogens with one attached hydrogen (secondary N) is 1. The summed E-state index contributed by atoms with van der Waals surface area (Å²) in [6.45, 7) is 5.74. The van der Waals surface area contributed by atoms with E-state index in [9.17, 15) is 4.79 Å². The first kappa shape index (κ1) is 16.3. The molecule has 1 amide bonds. The number of aromatic nitrogens is 1. The summed E-state index contributed by atoms with van der Waals surface area (Å²) in [6, 6.07) is 14.8. The van der Waals surface area contributed by atoms with Crippen molar-refractivity contribution in [1.29, 1.82) is 0 Å². The number of carbonyl (C=O) groups is 1. The van der Waals surface area contributed by atoms with Gasteiger partial charge in [-0.25, -0.2) is 0 Å². The molecule has 0 radical (unpaired) electrons. The van der Waals surface area contributed by atoms with Crippen LogP contribution in [0.1, 0.15) is 22.4 Å². The monoisotopic (exact) mass is 350 g/mol. The van der Waals surface area contributed by atoms with E-state index in [1.165, 1.54) is 38.2 Å². The van der Waals surface area contributed by atoms with Crippen molar-refractivity contribution in [3.63, 3.8) is 0 Å². The summed E-state index contributed by atoms with van der Waals surface area (Å²) in [6.07, 6.45) is 0.907. The van der Waals surface area contributed by atoms with Gasteiger partial charge in [-0.3, -0.25) is 4.79 Å². The largest absolute Gasteiger partial charge is 0.358 e. The van der Waals surface area contributed by atoms with Crippen LogP contribution in [0.15, 0.2) is 47.4 Å². The second kappa shape index (κ2) is 6.60. The lowest BCUT2D eigenvalue weighted by Crippen LogP contribution is -2.36. The SMILES string of the molecule is Cc1ccc(SCC(=O)N2CCc3[nH]c4ccccc4c3C2)cc1C. The molecular weight excluding hydrogens is 328 g/mol. The molecule has 0 saturated carbocycles. The molecule has 25 heavy (non-hydrogen) atoms. The molecule has 1 aliphatic rings. The van der Waals surface area contributed by atoms with E-state index in [1.807, 2.05) is 11.0 Å². The number of H-pyrrole nitrogens is 1. The number of nitrogens with zero attached hydrogens (tertiary/aromatic N) is 1. The van der Waals surface area contributed by atoms with Crippen LogP contribution in [-0.2, 0) is 17.8 Å². The lowest BCUT2D eigenvalue weighted by Gasteiger charge is -2.27. The van der Waals surface area contributed by atoms with Gasteiger partial charge in [0.25, 0.3) is 0 Å². The van der Waals surface area contributed by atoms with Gasteiger partial charge in [0.1, 0.15) is 0 Å². The van der Waals surface area contributed by atoms with E-state index in [2.05, 4.69) is 55.2 Å². The number of rotatable bonds is 3. The van der Waals surface area contributed by atoms with Gasteiger partial charge in [0.15, 0.2) is 0 Å².